The molecule has 112 valence electrons. The van der Waals surface area contributed by atoms with E-state index in [-0.39, 0.29) is 11.9 Å². The van der Waals surface area contributed by atoms with E-state index in [2.05, 4.69) is 17.2 Å². The molecule has 0 bridgehead atoms. The Bertz CT molecular complexity index is 421. The van der Waals surface area contributed by atoms with Crippen LogP contribution in [0.1, 0.15) is 37.7 Å². The van der Waals surface area contributed by atoms with Crippen LogP contribution in [0.25, 0.3) is 0 Å². The fraction of sp³-hybridized carbons (Fsp3) is 0.600. The molecule has 0 radical (unpaired) electrons. The first-order chi connectivity index (χ1) is 9.60. The maximum absolute atomic E-state index is 12.5. The molecule has 1 rings (SSSR count). The third-order valence-corrected chi connectivity index (χ3v) is 2.98. The monoisotopic (exact) mass is 279 g/mol. The Kier molecular flexibility index (Phi) is 7.01. The lowest BCUT2D eigenvalue weighted by Gasteiger charge is -2.26. The highest BCUT2D eigenvalue weighted by atomic mass is 16.5. The smallest absolute Gasteiger partial charge is 0.272 e. The number of ether oxygens (including phenoxy) is 1. The maximum atomic E-state index is 12.5. The SMILES string of the molecule is CCCNc1ccnc(C(=O)N(CCOC)C(C)C)c1. The van der Waals surface area contributed by atoms with Crippen molar-refractivity contribution in [1.29, 1.82) is 0 Å². The van der Waals surface area contributed by atoms with Gasteiger partial charge >= 0.3 is 0 Å². The topological polar surface area (TPSA) is 54.5 Å². The molecule has 0 aliphatic heterocycles. The third-order valence-electron chi connectivity index (χ3n) is 2.98. The van der Waals surface area contributed by atoms with Gasteiger partial charge in [-0.3, -0.25) is 9.78 Å². The van der Waals surface area contributed by atoms with Gasteiger partial charge in [-0.15, -0.1) is 0 Å². The van der Waals surface area contributed by atoms with Gasteiger partial charge in [0.2, 0.25) is 0 Å². The van der Waals surface area contributed by atoms with E-state index in [0.29, 0.717) is 18.8 Å². The molecule has 1 heterocycles. The molecule has 0 aliphatic carbocycles. The van der Waals surface area contributed by atoms with Crippen molar-refractivity contribution in [3.8, 4) is 0 Å². The van der Waals surface area contributed by atoms with Gasteiger partial charge in [-0.05, 0) is 32.4 Å². The lowest BCUT2D eigenvalue weighted by molar-refractivity contribution is 0.0629. The summed E-state index contributed by atoms with van der Waals surface area (Å²) < 4.78 is 5.06. The van der Waals surface area contributed by atoms with E-state index < -0.39 is 0 Å². The second kappa shape index (κ2) is 8.53. The van der Waals surface area contributed by atoms with Crippen molar-refractivity contribution in [2.45, 2.75) is 33.2 Å². The minimum Gasteiger partial charge on any atom is -0.385 e. The molecule has 0 saturated carbocycles. The highest BCUT2D eigenvalue weighted by Crippen LogP contribution is 2.12. The minimum atomic E-state index is -0.0581. The number of hydrogen-bond acceptors (Lipinski definition) is 4. The zero-order valence-electron chi connectivity index (χ0n) is 12.8. The molecular formula is C15H25N3O2. The van der Waals surface area contributed by atoms with Crippen LogP contribution in [0.3, 0.4) is 0 Å². The number of hydrogen-bond donors (Lipinski definition) is 1. The molecule has 0 aliphatic rings. The third kappa shape index (κ3) is 4.81. The quantitative estimate of drug-likeness (QED) is 0.794. The minimum absolute atomic E-state index is 0.0581. The highest BCUT2D eigenvalue weighted by molar-refractivity contribution is 5.93. The van der Waals surface area contributed by atoms with Crippen LogP contribution in [0.5, 0.6) is 0 Å². The summed E-state index contributed by atoms with van der Waals surface area (Å²) in [7, 11) is 1.64. The summed E-state index contributed by atoms with van der Waals surface area (Å²) >= 11 is 0. The van der Waals surface area contributed by atoms with Crippen LogP contribution in [-0.4, -0.2) is 48.6 Å². The number of aromatic nitrogens is 1. The van der Waals surface area contributed by atoms with Crippen LogP contribution in [-0.2, 0) is 4.74 Å². The van der Waals surface area contributed by atoms with E-state index >= 15 is 0 Å². The molecule has 1 aromatic heterocycles. The highest BCUT2D eigenvalue weighted by Gasteiger charge is 2.19. The Labute approximate surface area is 121 Å². The van der Waals surface area contributed by atoms with Gasteiger partial charge in [-0.1, -0.05) is 6.92 Å². The Morgan fingerprint density at radius 1 is 1.50 bits per heavy atom. The van der Waals surface area contributed by atoms with Crippen molar-refractivity contribution in [2.75, 3.05) is 32.1 Å². The predicted octanol–water partition coefficient (Wildman–Crippen LogP) is 2.40. The predicted molar refractivity (Wildman–Crippen MR) is 81.1 cm³/mol. The molecule has 0 spiro atoms. The van der Waals surface area contributed by atoms with Crippen LogP contribution in [0, 0.1) is 0 Å². The van der Waals surface area contributed by atoms with Crippen molar-refractivity contribution >= 4 is 11.6 Å². The average molecular weight is 279 g/mol. The van der Waals surface area contributed by atoms with E-state index in [9.17, 15) is 4.79 Å². The van der Waals surface area contributed by atoms with Crippen LogP contribution in [0.15, 0.2) is 18.3 Å². The molecule has 1 aromatic rings. The average Bonchev–Trinajstić information content (AvgIpc) is 2.45. The van der Waals surface area contributed by atoms with E-state index in [4.69, 9.17) is 4.74 Å². The normalized spacial score (nSPS) is 10.7. The van der Waals surface area contributed by atoms with Crippen molar-refractivity contribution < 1.29 is 9.53 Å². The van der Waals surface area contributed by atoms with Crippen molar-refractivity contribution in [3.63, 3.8) is 0 Å². The van der Waals surface area contributed by atoms with Gasteiger partial charge in [-0.25, -0.2) is 0 Å². The van der Waals surface area contributed by atoms with Crippen LogP contribution in [0.2, 0.25) is 0 Å². The summed E-state index contributed by atoms with van der Waals surface area (Å²) in [6, 6.07) is 3.80. The summed E-state index contributed by atoms with van der Waals surface area (Å²) in [4.78, 5) is 18.5. The largest absolute Gasteiger partial charge is 0.385 e. The molecule has 20 heavy (non-hydrogen) atoms. The Morgan fingerprint density at radius 3 is 2.85 bits per heavy atom. The summed E-state index contributed by atoms with van der Waals surface area (Å²) in [5.41, 5.74) is 1.40. The fourth-order valence-corrected chi connectivity index (χ4v) is 1.86. The summed E-state index contributed by atoms with van der Waals surface area (Å²) in [6.07, 6.45) is 2.71. The van der Waals surface area contributed by atoms with Gasteiger partial charge in [0.05, 0.1) is 6.61 Å². The van der Waals surface area contributed by atoms with Gasteiger partial charge in [0.15, 0.2) is 0 Å². The standard InChI is InChI=1S/C15H25N3O2/c1-5-7-16-13-6-8-17-14(11-13)15(19)18(12(2)3)9-10-20-4/h6,8,11-12H,5,7,9-10H2,1-4H3,(H,16,17). The summed E-state index contributed by atoms with van der Waals surface area (Å²) in [6.45, 7) is 8.07. The summed E-state index contributed by atoms with van der Waals surface area (Å²) in [5, 5.41) is 3.27. The number of amides is 1. The van der Waals surface area contributed by atoms with E-state index in [1.165, 1.54) is 0 Å². The maximum Gasteiger partial charge on any atom is 0.272 e. The van der Waals surface area contributed by atoms with Gasteiger partial charge < -0.3 is 15.0 Å². The number of carbonyl (C=O) groups excluding carboxylic acids is 1. The van der Waals surface area contributed by atoms with Gasteiger partial charge in [0, 0.05) is 38.1 Å². The zero-order chi connectivity index (χ0) is 15.0. The van der Waals surface area contributed by atoms with Gasteiger partial charge in [0.25, 0.3) is 5.91 Å². The molecule has 5 nitrogen and oxygen atoms in total. The molecule has 0 aromatic carbocycles. The molecule has 0 saturated heterocycles. The summed E-state index contributed by atoms with van der Waals surface area (Å²) in [5.74, 6) is -0.0581. The first-order valence-electron chi connectivity index (χ1n) is 7.10. The van der Waals surface area contributed by atoms with Gasteiger partial charge in [0.1, 0.15) is 5.69 Å². The zero-order valence-corrected chi connectivity index (χ0v) is 12.8. The van der Waals surface area contributed by atoms with Crippen molar-refractivity contribution in [2.24, 2.45) is 0 Å². The first kappa shape index (κ1) is 16.4. The van der Waals surface area contributed by atoms with E-state index in [1.54, 1.807) is 24.3 Å². The lowest BCUT2D eigenvalue weighted by Crippen LogP contribution is -2.39. The second-order valence-corrected chi connectivity index (χ2v) is 4.94. The number of carbonyl (C=O) groups is 1. The number of rotatable bonds is 8. The van der Waals surface area contributed by atoms with E-state index in [0.717, 1.165) is 18.7 Å². The fourth-order valence-electron chi connectivity index (χ4n) is 1.86. The number of anilines is 1. The second-order valence-electron chi connectivity index (χ2n) is 4.94. The van der Waals surface area contributed by atoms with E-state index in [1.807, 2.05) is 19.9 Å². The molecule has 0 unspecified atom stereocenters. The number of methoxy groups -OCH3 is 1. The molecule has 0 atom stereocenters. The van der Waals surface area contributed by atoms with Gasteiger partial charge in [-0.2, -0.15) is 0 Å². The van der Waals surface area contributed by atoms with Crippen LogP contribution < -0.4 is 5.32 Å². The molecule has 0 fully saturated rings. The van der Waals surface area contributed by atoms with Crippen molar-refractivity contribution in [1.82, 2.24) is 9.88 Å². The van der Waals surface area contributed by atoms with Crippen LogP contribution >= 0.6 is 0 Å². The number of nitrogens with one attached hydrogen (secondary N) is 1. The first-order valence-corrected chi connectivity index (χ1v) is 7.10. The number of pyridine rings is 1. The van der Waals surface area contributed by atoms with Crippen molar-refractivity contribution in [3.05, 3.63) is 24.0 Å². The Morgan fingerprint density at radius 2 is 2.25 bits per heavy atom. The molecule has 5 heteroatoms. The molecule has 1 amide bonds. The Balaban J connectivity index is 2.82. The lowest BCUT2D eigenvalue weighted by atomic mass is 10.2. The molecule has 1 N–H and O–H groups in total. The molecular weight excluding hydrogens is 254 g/mol. The Hall–Kier alpha value is -1.62. The van der Waals surface area contributed by atoms with Crippen LogP contribution in [0.4, 0.5) is 5.69 Å². The number of nitrogens with zero attached hydrogens (tertiary/aromatic N) is 2.